The van der Waals surface area contributed by atoms with Crippen LogP contribution in [0.1, 0.15) is 31.9 Å². The number of carbonyl (C=O) groups is 1. The predicted octanol–water partition coefficient (Wildman–Crippen LogP) is 2.93. The molecule has 6 nitrogen and oxygen atoms in total. The van der Waals surface area contributed by atoms with E-state index in [4.69, 9.17) is 4.74 Å². The number of rotatable bonds is 9. The number of carbonyl (C=O) groups excluding carboxylic acids is 1. The fourth-order valence-corrected chi connectivity index (χ4v) is 2.81. The van der Waals surface area contributed by atoms with Crippen LogP contribution in [0.15, 0.2) is 23.2 Å². The topological polar surface area (TPSA) is 57.2 Å². The maximum Gasteiger partial charge on any atom is 0.242 e. The van der Waals surface area contributed by atoms with Crippen molar-refractivity contribution in [2.75, 3.05) is 46.9 Å². The van der Waals surface area contributed by atoms with Crippen molar-refractivity contribution in [3.05, 3.63) is 29.3 Å². The Morgan fingerprint density at radius 3 is 2.44 bits per heavy atom. The second-order valence-corrected chi connectivity index (χ2v) is 6.22. The lowest BCUT2D eigenvalue weighted by atomic mass is 10.1. The zero-order chi connectivity index (χ0) is 19.5. The number of hydrogen-bond donors (Lipinski definition) is 1. The molecule has 0 radical (unpaired) electrons. The molecule has 0 aliphatic carbocycles. The molecule has 1 N–H and O–H groups in total. The lowest BCUT2D eigenvalue weighted by Crippen LogP contribution is -2.45. The Labute approximate surface area is 181 Å². The Bertz CT molecular complexity index is 604. The SMILES string of the molecule is CCNC(=NCCc1cc(C)ccc1OC)N(C)CC(=O)N(CC)CC.I. The molecular weight excluding hydrogens is 455 g/mol. The minimum absolute atomic E-state index is 0. The lowest BCUT2D eigenvalue weighted by molar-refractivity contribution is -0.131. The minimum Gasteiger partial charge on any atom is -0.496 e. The number of aliphatic imine (C=N–C) groups is 1. The zero-order valence-electron chi connectivity index (χ0n) is 17.5. The van der Waals surface area contributed by atoms with Crippen LogP contribution in [0.4, 0.5) is 0 Å². The van der Waals surface area contributed by atoms with Crippen LogP contribution in [-0.2, 0) is 11.2 Å². The number of methoxy groups -OCH3 is 1. The highest BCUT2D eigenvalue weighted by molar-refractivity contribution is 14.0. The Hall–Kier alpha value is -1.51. The van der Waals surface area contributed by atoms with Crippen molar-refractivity contribution >= 4 is 35.8 Å². The van der Waals surface area contributed by atoms with Crippen molar-refractivity contribution in [1.29, 1.82) is 0 Å². The fourth-order valence-electron chi connectivity index (χ4n) is 2.81. The smallest absolute Gasteiger partial charge is 0.242 e. The molecule has 1 aromatic carbocycles. The van der Waals surface area contributed by atoms with Gasteiger partial charge in [-0.2, -0.15) is 0 Å². The van der Waals surface area contributed by atoms with Crippen molar-refractivity contribution in [3.8, 4) is 5.75 Å². The van der Waals surface area contributed by atoms with Crippen LogP contribution in [0.2, 0.25) is 0 Å². The Morgan fingerprint density at radius 2 is 1.89 bits per heavy atom. The molecule has 0 atom stereocenters. The second kappa shape index (κ2) is 13.6. The number of likely N-dealkylation sites (N-methyl/N-ethyl adjacent to an activating group) is 2. The van der Waals surface area contributed by atoms with E-state index in [1.165, 1.54) is 5.56 Å². The summed E-state index contributed by atoms with van der Waals surface area (Å²) >= 11 is 0. The minimum atomic E-state index is 0. The summed E-state index contributed by atoms with van der Waals surface area (Å²) in [6.45, 7) is 11.3. The standard InChI is InChI=1S/C20H34N4O2.HI/c1-7-21-20(23(5)15-19(25)24(8-2)9-3)22-13-12-17-14-16(4)10-11-18(17)26-6;/h10-11,14H,7-9,12-13,15H2,1-6H3,(H,21,22);1H. The van der Waals surface area contributed by atoms with Crippen LogP contribution in [-0.4, -0.2) is 68.5 Å². The van der Waals surface area contributed by atoms with Gasteiger partial charge in [-0.15, -0.1) is 24.0 Å². The number of amides is 1. The number of hydrogen-bond acceptors (Lipinski definition) is 3. The van der Waals surface area contributed by atoms with E-state index in [2.05, 4.69) is 23.3 Å². The molecule has 0 saturated carbocycles. The molecule has 154 valence electrons. The van der Waals surface area contributed by atoms with Crippen LogP contribution >= 0.6 is 24.0 Å². The van der Waals surface area contributed by atoms with Gasteiger partial charge in [0.2, 0.25) is 5.91 Å². The summed E-state index contributed by atoms with van der Waals surface area (Å²) in [6.07, 6.45) is 0.789. The van der Waals surface area contributed by atoms with E-state index in [1.807, 2.05) is 49.8 Å². The highest BCUT2D eigenvalue weighted by atomic mass is 127. The van der Waals surface area contributed by atoms with E-state index in [-0.39, 0.29) is 29.9 Å². The first-order chi connectivity index (χ1) is 12.5. The lowest BCUT2D eigenvalue weighted by Gasteiger charge is -2.25. The molecule has 0 aromatic heterocycles. The predicted molar refractivity (Wildman–Crippen MR) is 123 cm³/mol. The third kappa shape index (κ3) is 8.36. The number of ether oxygens (including phenoxy) is 1. The molecule has 0 saturated heterocycles. The van der Waals surface area contributed by atoms with Crippen molar-refractivity contribution < 1.29 is 9.53 Å². The van der Waals surface area contributed by atoms with Gasteiger partial charge < -0.3 is 19.9 Å². The molecular formula is C20H35IN4O2. The normalized spacial score (nSPS) is 10.8. The van der Waals surface area contributed by atoms with Gasteiger partial charge in [-0.05, 0) is 45.7 Å². The van der Waals surface area contributed by atoms with Gasteiger partial charge in [0.15, 0.2) is 5.96 Å². The highest BCUT2D eigenvalue weighted by Gasteiger charge is 2.15. The summed E-state index contributed by atoms with van der Waals surface area (Å²) in [6, 6.07) is 6.17. The average Bonchev–Trinajstić information content (AvgIpc) is 2.62. The van der Waals surface area contributed by atoms with E-state index in [0.29, 0.717) is 13.1 Å². The van der Waals surface area contributed by atoms with E-state index >= 15 is 0 Å². The molecule has 0 fully saturated rings. The van der Waals surface area contributed by atoms with Gasteiger partial charge in [0.25, 0.3) is 0 Å². The number of halogens is 1. The van der Waals surface area contributed by atoms with Crippen molar-refractivity contribution in [2.45, 2.75) is 34.1 Å². The first kappa shape index (κ1) is 25.5. The highest BCUT2D eigenvalue weighted by Crippen LogP contribution is 2.20. The summed E-state index contributed by atoms with van der Waals surface area (Å²) in [5.41, 5.74) is 2.35. The second-order valence-electron chi connectivity index (χ2n) is 6.22. The third-order valence-corrected chi connectivity index (χ3v) is 4.26. The van der Waals surface area contributed by atoms with Gasteiger partial charge in [0, 0.05) is 33.2 Å². The van der Waals surface area contributed by atoms with Gasteiger partial charge in [0.1, 0.15) is 5.75 Å². The largest absolute Gasteiger partial charge is 0.496 e. The van der Waals surface area contributed by atoms with E-state index < -0.39 is 0 Å². The Balaban J connectivity index is 0.00000676. The molecule has 0 heterocycles. The van der Waals surface area contributed by atoms with Gasteiger partial charge in [-0.25, -0.2) is 0 Å². The zero-order valence-corrected chi connectivity index (χ0v) is 19.9. The van der Waals surface area contributed by atoms with Crippen LogP contribution in [0.3, 0.4) is 0 Å². The molecule has 1 aromatic rings. The average molecular weight is 490 g/mol. The van der Waals surface area contributed by atoms with Crippen LogP contribution in [0.25, 0.3) is 0 Å². The van der Waals surface area contributed by atoms with E-state index in [9.17, 15) is 4.79 Å². The van der Waals surface area contributed by atoms with Crippen LogP contribution in [0.5, 0.6) is 5.75 Å². The van der Waals surface area contributed by atoms with Crippen molar-refractivity contribution in [2.24, 2.45) is 4.99 Å². The molecule has 1 amide bonds. The summed E-state index contributed by atoms with van der Waals surface area (Å²) in [7, 11) is 3.59. The van der Waals surface area contributed by atoms with Crippen molar-refractivity contribution in [3.63, 3.8) is 0 Å². The Kier molecular flexibility index (Phi) is 12.9. The maximum atomic E-state index is 12.3. The van der Waals surface area contributed by atoms with Crippen LogP contribution < -0.4 is 10.1 Å². The maximum absolute atomic E-state index is 12.3. The summed E-state index contributed by atoms with van der Waals surface area (Å²) in [5.74, 6) is 1.75. The van der Waals surface area contributed by atoms with Crippen LogP contribution in [0, 0.1) is 6.92 Å². The first-order valence-electron chi connectivity index (χ1n) is 9.37. The molecule has 0 aliphatic rings. The molecule has 1 rings (SSSR count). The number of benzene rings is 1. The first-order valence-corrected chi connectivity index (χ1v) is 9.37. The fraction of sp³-hybridized carbons (Fsp3) is 0.600. The van der Waals surface area contributed by atoms with Gasteiger partial charge in [0.05, 0.1) is 13.7 Å². The quantitative estimate of drug-likeness (QED) is 0.329. The summed E-state index contributed by atoms with van der Waals surface area (Å²) in [4.78, 5) is 20.7. The summed E-state index contributed by atoms with van der Waals surface area (Å²) in [5, 5.41) is 3.26. The molecule has 7 heteroatoms. The number of nitrogens with zero attached hydrogens (tertiary/aromatic N) is 3. The molecule has 0 aliphatic heterocycles. The molecule has 27 heavy (non-hydrogen) atoms. The molecule has 0 bridgehead atoms. The molecule has 0 unspecified atom stereocenters. The third-order valence-electron chi connectivity index (χ3n) is 4.26. The Morgan fingerprint density at radius 1 is 1.22 bits per heavy atom. The van der Waals surface area contributed by atoms with Crippen molar-refractivity contribution in [1.82, 2.24) is 15.1 Å². The number of nitrogens with one attached hydrogen (secondary N) is 1. The van der Waals surface area contributed by atoms with Gasteiger partial charge in [-0.3, -0.25) is 9.79 Å². The van der Waals surface area contributed by atoms with Gasteiger partial charge in [-0.1, -0.05) is 17.7 Å². The number of guanidine groups is 1. The molecule has 0 spiro atoms. The van der Waals surface area contributed by atoms with E-state index in [1.54, 1.807) is 7.11 Å². The summed E-state index contributed by atoms with van der Waals surface area (Å²) < 4.78 is 5.43. The van der Waals surface area contributed by atoms with Gasteiger partial charge >= 0.3 is 0 Å². The van der Waals surface area contributed by atoms with E-state index in [0.717, 1.165) is 43.3 Å². The number of aryl methyl sites for hydroxylation is 1. The monoisotopic (exact) mass is 490 g/mol.